The molecule has 15 heteroatoms. The lowest BCUT2D eigenvalue weighted by Gasteiger charge is -2.25. The summed E-state index contributed by atoms with van der Waals surface area (Å²) in [7, 11) is 0. The molecule has 11 N–H and O–H groups in total. The highest BCUT2D eigenvalue weighted by Crippen LogP contribution is 2.19. The fourth-order valence-electron chi connectivity index (χ4n) is 4.20. The quantitative estimate of drug-likeness (QED) is 0.0600. The molecule has 232 valence electrons. The molecule has 4 unspecified atom stereocenters. The van der Waals surface area contributed by atoms with Gasteiger partial charge < -0.3 is 43.2 Å². The van der Waals surface area contributed by atoms with Gasteiger partial charge in [-0.25, -0.2) is 4.79 Å². The Morgan fingerprint density at radius 3 is 2.14 bits per heavy atom. The topological polar surface area (TPSA) is 231 Å². The number of guanidine groups is 1. The number of aromatic nitrogens is 1. The Morgan fingerprint density at radius 2 is 1.50 bits per heavy atom. The van der Waals surface area contributed by atoms with Crippen LogP contribution in [0.25, 0.3) is 10.9 Å². The Hall–Kier alpha value is -3.43. The summed E-state index contributed by atoms with van der Waals surface area (Å²) >= 11 is 2.96. The van der Waals surface area contributed by atoms with Crippen LogP contribution >= 0.6 is 23.5 Å². The molecule has 3 amide bonds. The lowest BCUT2D eigenvalue weighted by atomic mass is 10.0. The summed E-state index contributed by atoms with van der Waals surface area (Å²) in [6, 6.07) is 3.50. The number of carboxylic acids is 1. The third-order valence-electron chi connectivity index (χ3n) is 6.51. The molecule has 1 aromatic carbocycles. The van der Waals surface area contributed by atoms with Crippen LogP contribution in [-0.2, 0) is 25.6 Å². The van der Waals surface area contributed by atoms with E-state index < -0.39 is 47.9 Å². The molecule has 0 radical (unpaired) electrons. The van der Waals surface area contributed by atoms with Crippen molar-refractivity contribution in [1.29, 1.82) is 0 Å². The van der Waals surface area contributed by atoms with Crippen LogP contribution in [0.3, 0.4) is 0 Å². The second kappa shape index (κ2) is 18.2. The molecule has 0 fully saturated rings. The van der Waals surface area contributed by atoms with Crippen LogP contribution in [0, 0.1) is 0 Å². The summed E-state index contributed by atoms with van der Waals surface area (Å²) in [6.07, 6.45) is 6.87. The van der Waals surface area contributed by atoms with Gasteiger partial charge in [0.1, 0.15) is 18.1 Å². The summed E-state index contributed by atoms with van der Waals surface area (Å²) in [5.74, 6) is -1.83. The average Bonchev–Trinajstić information content (AvgIpc) is 3.37. The molecule has 42 heavy (non-hydrogen) atoms. The highest BCUT2D eigenvalue weighted by molar-refractivity contribution is 7.98. The van der Waals surface area contributed by atoms with Crippen LogP contribution in [0.1, 0.15) is 31.2 Å². The van der Waals surface area contributed by atoms with Gasteiger partial charge in [0.2, 0.25) is 17.7 Å². The van der Waals surface area contributed by atoms with Gasteiger partial charge in [0.25, 0.3) is 0 Å². The monoisotopic (exact) mass is 622 g/mol. The van der Waals surface area contributed by atoms with E-state index in [1.807, 2.05) is 36.8 Å². The van der Waals surface area contributed by atoms with E-state index in [9.17, 15) is 24.3 Å². The molecule has 0 aliphatic carbocycles. The van der Waals surface area contributed by atoms with E-state index >= 15 is 0 Å². The number of nitrogens with one attached hydrogen (secondary N) is 4. The van der Waals surface area contributed by atoms with Crippen LogP contribution < -0.4 is 33.2 Å². The largest absolute Gasteiger partial charge is 0.480 e. The van der Waals surface area contributed by atoms with Crippen molar-refractivity contribution in [1.82, 2.24) is 20.9 Å². The number of carboxylic acid groups (broad SMARTS) is 1. The second-order valence-corrected chi connectivity index (χ2v) is 11.7. The van der Waals surface area contributed by atoms with Crippen molar-refractivity contribution in [2.45, 2.75) is 56.3 Å². The standard InChI is InChI=1S/C27H42N8O5S2/c1-41-12-9-20(24(37)34-21(26(39)40)10-13-42-2)33-25(38)22(14-16-15-32-19-8-4-3-6-17(16)19)35-23(36)18(28)7-5-11-31-27(29)30/h3-4,6,8,15,18,20-22,32H,5,7,9-14,28H2,1-2H3,(H,33,38)(H,34,37)(H,35,36)(H,39,40)(H4,29,30,31). The molecule has 1 aromatic heterocycles. The number of H-pyrrole nitrogens is 1. The zero-order valence-electron chi connectivity index (χ0n) is 23.9. The number of rotatable bonds is 19. The Labute approximate surface area is 254 Å². The number of aliphatic imine (C=N–C) groups is 1. The third kappa shape index (κ3) is 11.4. The van der Waals surface area contributed by atoms with Crippen LogP contribution in [-0.4, -0.2) is 94.5 Å². The second-order valence-electron chi connectivity index (χ2n) is 9.70. The van der Waals surface area contributed by atoms with Gasteiger partial charge in [-0.2, -0.15) is 23.5 Å². The molecule has 0 aliphatic heterocycles. The number of carbonyl (C=O) groups is 4. The highest BCUT2D eigenvalue weighted by Gasteiger charge is 2.30. The molecule has 2 aromatic rings. The molecule has 1 heterocycles. The number of aliphatic carboxylic acids is 1. The van der Waals surface area contributed by atoms with E-state index in [1.165, 1.54) is 23.5 Å². The minimum Gasteiger partial charge on any atom is -0.480 e. The number of aromatic amines is 1. The summed E-state index contributed by atoms with van der Waals surface area (Å²) in [5, 5.41) is 18.5. The predicted molar refractivity (Wildman–Crippen MR) is 169 cm³/mol. The minimum absolute atomic E-state index is 0.0533. The highest BCUT2D eigenvalue weighted by atomic mass is 32.2. The fourth-order valence-corrected chi connectivity index (χ4v) is 5.14. The fraction of sp³-hybridized carbons (Fsp3) is 0.519. The maximum atomic E-state index is 13.6. The van der Waals surface area contributed by atoms with Crippen molar-refractivity contribution in [3.8, 4) is 0 Å². The Kier molecular flexibility index (Phi) is 15.1. The van der Waals surface area contributed by atoms with Crippen LogP contribution in [0.5, 0.6) is 0 Å². The molecule has 0 bridgehead atoms. The van der Waals surface area contributed by atoms with Crippen molar-refractivity contribution in [2.24, 2.45) is 22.2 Å². The zero-order chi connectivity index (χ0) is 31.1. The number of carbonyl (C=O) groups excluding carboxylic acids is 3. The zero-order valence-corrected chi connectivity index (χ0v) is 25.6. The van der Waals surface area contributed by atoms with E-state index in [-0.39, 0.29) is 31.6 Å². The number of para-hydroxylation sites is 1. The molecule has 0 spiro atoms. The van der Waals surface area contributed by atoms with Gasteiger partial charge in [0, 0.05) is 30.1 Å². The van der Waals surface area contributed by atoms with Gasteiger partial charge in [-0.1, -0.05) is 18.2 Å². The van der Waals surface area contributed by atoms with E-state index in [0.29, 0.717) is 24.5 Å². The molecular formula is C27H42N8O5S2. The first kappa shape index (κ1) is 34.8. The van der Waals surface area contributed by atoms with Crippen LogP contribution in [0.2, 0.25) is 0 Å². The van der Waals surface area contributed by atoms with E-state index in [2.05, 4.69) is 25.9 Å². The summed E-state index contributed by atoms with van der Waals surface area (Å²) < 4.78 is 0. The maximum Gasteiger partial charge on any atom is 0.326 e. The number of nitrogens with zero attached hydrogens (tertiary/aromatic N) is 1. The first-order chi connectivity index (χ1) is 20.1. The number of benzene rings is 1. The first-order valence-corrected chi connectivity index (χ1v) is 16.3. The van der Waals surface area contributed by atoms with Crippen molar-refractivity contribution in [3.63, 3.8) is 0 Å². The normalized spacial score (nSPS) is 13.9. The van der Waals surface area contributed by atoms with Crippen molar-refractivity contribution < 1.29 is 24.3 Å². The van der Waals surface area contributed by atoms with E-state index in [0.717, 1.165) is 16.5 Å². The number of nitrogens with two attached hydrogens (primary N) is 3. The molecule has 0 aliphatic rings. The molecule has 0 saturated heterocycles. The average molecular weight is 623 g/mol. The maximum absolute atomic E-state index is 13.6. The van der Waals surface area contributed by atoms with Gasteiger partial charge in [0.05, 0.1) is 6.04 Å². The first-order valence-electron chi connectivity index (χ1n) is 13.5. The Morgan fingerprint density at radius 1 is 0.905 bits per heavy atom. The Bertz CT molecular complexity index is 1220. The SMILES string of the molecule is CSCCC(NC(=O)C(CCSC)NC(=O)C(Cc1c[nH]c2ccccc12)NC(=O)C(N)CCCN=C(N)N)C(=O)O. The predicted octanol–water partition coefficient (Wildman–Crippen LogP) is 0.137. The van der Waals surface area contributed by atoms with Crippen LogP contribution in [0.4, 0.5) is 0 Å². The summed E-state index contributed by atoms with van der Waals surface area (Å²) in [6.45, 7) is 0.309. The van der Waals surface area contributed by atoms with Gasteiger partial charge >= 0.3 is 5.97 Å². The molecular weight excluding hydrogens is 580 g/mol. The third-order valence-corrected chi connectivity index (χ3v) is 7.79. The smallest absolute Gasteiger partial charge is 0.326 e. The van der Waals surface area contributed by atoms with Crippen molar-refractivity contribution in [2.75, 3.05) is 30.6 Å². The number of hydrogen-bond acceptors (Lipinski definition) is 8. The van der Waals surface area contributed by atoms with E-state index in [1.54, 1.807) is 6.20 Å². The summed E-state index contributed by atoms with van der Waals surface area (Å²) in [4.78, 5) is 58.6. The number of amides is 3. The number of thioether (sulfide) groups is 2. The number of fused-ring (bicyclic) bond motifs is 1. The lowest BCUT2D eigenvalue weighted by molar-refractivity contribution is -0.142. The van der Waals surface area contributed by atoms with Gasteiger partial charge in [-0.05, 0) is 61.3 Å². The minimum atomic E-state index is -1.15. The van der Waals surface area contributed by atoms with E-state index in [4.69, 9.17) is 17.2 Å². The lowest BCUT2D eigenvalue weighted by Crippen LogP contribution is -2.57. The number of hydrogen-bond donors (Lipinski definition) is 8. The summed E-state index contributed by atoms with van der Waals surface area (Å²) in [5.41, 5.74) is 18.4. The molecule has 4 atom stereocenters. The molecule has 13 nitrogen and oxygen atoms in total. The van der Waals surface area contributed by atoms with Gasteiger partial charge in [0.15, 0.2) is 5.96 Å². The van der Waals surface area contributed by atoms with Gasteiger partial charge in [-0.15, -0.1) is 0 Å². The Balaban J connectivity index is 2.24. The van der Waals surface area contributed by atoms with Crippen LogP contribution in [0.15, 0.2) is 35.5 Å². The van der Waals surface area contributed by atoms with Crippen molar-refractivity contribution >= 4 is 64.1 Å². The van der Waals surface area contributed by atoms with Crippen molar-refractivity contribution in [3.05, 3.63) is 36.0 Å². The molecule has 0 saturated carbocycles. The molecule has 2 rings (SSSR count). The van der Waals surface area contributed by atoms with Gasteiger partial charge in [-0.3, -0.25) is 19.4 Å².